The molecule has 10 nitrogen and oxygen atoms in total. The topological polar surface area (TPSA) is 132 Å². The van der Waals surface area contributed by atoms with Gasteiger partial charge in [-0.1, -0.05) is 12.8 Å². The van der Waals surface area contributed by atoms with Crippen molar-refractivity contribution in [2.75, 3.05) is 17.9 Å². The Labute approximate surface area is 221 Å². The van der Waals surface area contributed by atoms with E-state index in [0.717, 1.165) is 23.2 Å². The number of rotatable bonds is 9. The smallest absolute Gasteiger partial charge is 0.261 e. The minimum atomic E-state index is -2.67. The summed E-state index contributed by atoms with van der Waals surface area (Å²) in [5.41, 5.74) is -0.137. The molecule has 4 rings (SSSR count). The molecule has 1 fully saturated rings. The number of aryl methyl sites for hydroxylation is 1. The average molecular weight is 541 g/mol. The maximum absolute atomic E-state index is 14.9. The highest BCUT2D eigenvalue weighted by Gasteiger charge is 2.28. The summed E-state index contributed by atoms with van der Waals surface area (Å²) in [6, 6.07) is 8.36. The number of carbonyl (C=O) groups is 1. The van der Waals surface area contributed by atoms with Crippen LogP contribution in [0.25, 0.3) is 10.9 Å². The number of nitriles is 1. The Morgan fingerprint density at radius 2 is 2.05 bits per heavy atom. The van der Waals surface area contributed by atoms with E-state index < -0.39 is 22.8 Å². The Morgan fingerprint density at radius 3 is 2.71 bits per heavy atom. The fourth-order valence-electron chi connectivity index (χ4n) is 4.59. The third kappa shape index (κ3) is 5.69. The lowest BCUT2D eigenvalue weighted by molar-refractivity contribution is -0.127. The van der Waals surface area contributed by atoms with Gasteiger partial charge in [-0.05, 0) is 49.6 Å². The van der Waals surface area contributed by atoms with Crippen LogP contribution in [0.4, 0.5) is 10.1 Å². The number of ether oxygens (including phenoxy) is 1. The molecule has 1 unspecified atom stereocenters. The van der Waals surface area contributed by atoms with Crippen molar-refractivity contribution in [3.8, 4) is 17.6 Å². The normalized spacial score (nSPS) is 14.3. The van der Waals surface area contributed by atoms with Crippen LogP contribution in [0.5, 0.6) is 11.5 Å². The van der Waals surface area contributed by atoms with Crippen LogP contribution in [0.15, 0.2) is 41.5 Å². The number of halogens is 1. The number of hydrogen-bond donors (Lipinski definition) is 0. The van der Waals surface area contributed by atoms with Crippen molar-refractivity contribution < 1.29 is 22.7 Å². The number of fused-ring (bicyclic) bond motifs is 1. The third-order valence-corrected chi connectivity index (χ3v) is 7.52. The largest absolute Gasteiger partial charge is 0.755 e. The first kappa shape index (κ1) is 27.2. The van der Waals surface area contributed by atoms with Gasteiger partial charge in [-0.15, -0.1) is 0 Å². The highest BCUT2D eigenvalue weighted by molar-refractivity contribution is 7.80. The number of benzene rings is 2. The summed E-state index contributed by atoms with van der Waals surface area (Å²) >= 11 is -2.67. The van der Waals surface area contributed by atoms with Gasteiger partial charge >= 0.3 is 0 Å². The van der Waals surface area contributed by atoms with E-state index >= 15 is 0 Å². The summed E-state index contributed by atoms with van der Waals surface area (Å²) < 4.78 is 47.4. The van der Waals surface area contributed by atoms with Crippen molar-refractivity contribution >= 4 is 33.8 Å². The Morgan fingerprint density at radius 1 is 1.32 bits per heavy atom. The maximum atomic E-state index is 14.9. The fraction of sp³-hybridized carbons (Fsp3) is 0.385. The Balaban J connectivity index is 1.66. The van der Waals surface area contributed by atoms with E-state index in [0.29, 0.717) is 37.9 Å². The molecule has 0 N–H and O–H groups in total. The molecule has 1 heterocycles. The monoisotopic (exact) mass is 540 g/mol. The molecular weight excluding hydrogens is 513 g/mol. The van der Waals surface area contributed by atoms with Crippen molar-refractivity contribution in [1.29, 1.82) is 5.26 Å². The SMILES string of the molecule is CC(=O)N(C)CCCn1cnc2ccc(Oc3c(F)ccc(N(C4CCCC4)S(=O)[O-])c3C#N)cc2c1=O. The quantitative estimate of drug-likeness (QED) is 0.379. The molecular formula is C26H27FN5O5S-. The molecule has 0 spiro atoms. The van der Waals surface area contributed by atoms with Gasteiger partial charge in [0.25, 0.3) is 5.56 Å². The van der Waals surface area contributed by atoms with Crippen LogP contribution in [0.2, 0.25) is 0 Å². The van der Waals surface area contributed by atoms with E-state index in [1.165, 1.54) is 36.0 Å². The van der Waals surface area contributed by atoms with Gasteiger partial charge in [0.2, 0.25) is 5.91 Å². The second kappa shape index (κ2) is 11.7. The van der Waals surface area contributed by atoms with Gasteiger partial charge in [0.05, 0.1) is 22.9 Å². The molecule has 200 valence electrons. The van der Waals surface area contributed by atoms with Gasteiger partial charge in [-0.3, -0.25) is 22.7 Å². The third-order valence-electron chi connectivity index (χ3n) is 6.70. The van der Waals surface area contributed by atoms with Crippen molar-refractivity contribution in [3.63, 3.8) is 0 Å². The summed E-state index contributed by atoms with van der Waals surface area (Å²) in [5.74, 6) is -1.24. The van der Waals surface area contributed by atoms with Crippen LogP contribution >= 0.6 is 0 Å². The molecule has 1 amide bonds. The van der Waals surface area contributed by atoms with Gasteiger partial charge in [0.15, 0.2) is 11.6 Å². The van der Waals surface area contributed by atoms with Crippen molar-refractivity contribution in [3.05, 3.63) is 58.4 Å². The maximum Gasteiger partial charge on any atom is 0.261 e. The minimum absolute atomic E-state index is 0.0458. The van der Waals surface area contributed by atoms with Gasteiger partial charge in [-0.2, -0.15) is 5.26 Å². The minimum Gasteiger partial charge on any atom is -0.755 e. The first-order valence-electron chi connectivity index (χ1n) is 12.2. The summed E-state index contributed by atoms with van der Waals surface area (Å²) in [5, 5.41) is 10.1. The van der Waals surface area contributed by atoms with E-state index in [9.17, 15) is 28.0 Å². The van der Waals surface area contributed by atoms with E-state index in [4.69, 9.17) is 4.74 Å². The number of carbonyl (C=O) groups excluding carboxylic acids is 1. The van der Waals surface area contributed by atoms with Gasteiger partial charge in [0, 0.05) is 44.4 Å². The van der Waals surface area contributed by atoms with Gasteiger partial charge in [0.1, 0.15) is 17.4 Å². The van der Waals surface area contributed by atoms with E-state index in [-0.39, 0.29) is 39.9 Å². The Bertz CT molecular complexity index is 1480. The second-order valence-corrected chi connectivity index (χ2v) is 10.0. The number of nitrogens with zero attached hydrogens (tertiary/aromatic N) is 5. The summed E-state index contributed by atoms with van der Waals surface area (Å²) in [6.45, 7) is 2.28. The second-order valence-electron chi connectivity index (χ2n) is 9.18. The highest BCUT2D eigenvalue weighted by Crippen LogP contribution is 2.38. The summed E-state index contributed by atoms with van der Waals surface area (Å²) in [7, 11) is 1.68. The zero-order chi connectivity index (χ0) is 27.4. The number of aromatic nitrogens is 2. The molecule has 1 aliphatic carbocycles. The van der Waals surface area contributed by atoms with Gasteiger partial charge in [-0.25, -0.2) is 9.37 Å². The fourth-order valence-corrected chi connectivity index (χ4v) is 5.36. The number of hydrogen-bond acceptors (Lipinski definition) is 7. The Hall–Kier alpha value is -3.82. The van der Waals surface area contributed by atoms with Crippen LogP contribution in [0.3, 0.4) is 0 Å². The molecule has 1 saturated carbocycles. The van der Waals surface area contributed by atoms with Crippen LogP contribution < -0.4 is 14.6 Å². The molecule has 0 bridgehead atoms. The molecule has 12 heteroatoms. The zero-order valence-corrected chi connectivity index (χ0v) is 21.9. The molecule has 0 saturated heterocycles. The van der Waals surface area contributed by atoms with E-state index in [1.54, 1.807) is 18.0 Å². The predicted molar refractivity (Wildman–Crippen MR) is 139 cm³/mol. The molecule has 2 aromatic carbocycles. The zero-order valence-electron chi connectivity index (χ0n) is 21.1. The predicted octanol–water partition coefficient (Wildman–Crippen LogP) is 3.61. The average Bonchev–Trinajstić information content (AvgIpc) is 3.41. The first-order chi connectivity index (χ1) is 18.2. The highest BCUT2D eigenvalue weighted by atomic mass is 32.2. The number of amides is 1. The summed E-state index contributed by atoms with van der Waals surface area (Å²) in [6.07, 6.45) is 4.97. The summed E-state index contributed by atoms with van der Waals surface area (Å²) in [4.78, 5) is 30.3. The number of anilines is 1. The van der Waals surface area contributed by atoms with Crippen LogP contribution in [0.1, 0.15) is 44.6 Å². The molecule has 1 aliphatic rings. The van der Waals surface area contributed by atoms with Crippen LogP contribution in [-0.2, 0) is 22.6 Å². The van der Waals surface area contributed by atoms with Gasteiger partial charge < -0.3 is 14.2 Å². The van der Waals surface area contributed by atoms with Crippen LogP contribution in [0, 0.1) is 17.1 Å². The molecule has 0 aliphatic heterocycles. The lowest BCUT2D eigenvalue weighted by atomic mass is 10.1. The molecule has 1 atom stereocenters. The molecule has 1 aromatic heterocycles. The van der Waals surface area contributed by atoms with Crippen molar-refractivity contribution in [1.82, 2.24) is 14.5 Å². The standard InChI is InChI=1S/C26H28FN5O5S/c1-17(33)30(2)12-5-13-31-16-29-23-10-8-19(14-20(23)26(31)34)37-25-21(15-28)24(11-9-22(25)27)32(38(35)36)18-6-3-4-7-18/h8-11,14,16,18H,3-7,12-13H2,1-2H3,(H,35,36)/p-1. The van der Waals surface area contributed by atoms with Crippen molar-refractivity contribution in [2.45, 2.75) is 51.6 Å². The van der Waals surface area contributed by atoms with E-state index in [1.807, 2.05) is 6.07 Å². The lowest BCUT2D eigenvalue weighted by Gasteiger charge is -2.33. The Kier molecular flexibility index (Phi) is 8.38. The van der Waals surface area contributed by atoms with Crippen molar-refractivity contribution in [2.24, 2.45) is 0 Å². The lowest BCUT2D eigenvalue weighted by Crippen LogP contribution is -2.35. The first-order valence-corrected chi connectivity index (χ1v) is 13.2. The molecule has 38 heavy (non-hydrogen) atoms. The van der Waals surface area contributed by atoms with Crippen LogP contribution in [-0.4, -0.2) is 48.8 Å². The molecule has 3 aromatic rings. The van der Waals surface area contributed by atoms with E-state index in [2.05, 4.69) is 4.98 Å². The molecule has 0 radical (unpaired) electrons.